The van der Waals surface area contributed by atoms with E-state index in [1.54, 1.807) is 17.0 Å². The van der Waals surface area contributed by atoms with Crippen molar-refractivity contribution in [3.63, 3.8) is 0 Å². The highest BCUT2D eigenvalue weighted by Gasteiger charge is 2.26. The van der Waals surface area contributed by atoms with Gasteiger partial charge in [-0.2, -0.15) is 9.97 Å². The summed E-state index contributed by atoms with van der Waals surface area (Å²) in [5, 5.41) is 12.5. The number of phenols is 1. The summed E-state index contributed by atoms with van der Waals surface area (Å²) >= 11 is 6.72. The van der Waals surface area contributed by atoms with Gasteiger partial charge in [0.1, 0.15) is 17.1 Å². The van der Waals surface area contributed by atoms with Gasteiger partial charge >= 0.3 is 6.01 Å². The normalized spacial score (nSPS) is 13.8. The van der Waals surface area contributed by atoms with Gasteiger partial charge in [0.25, 0.3) is 0 Å². The third-order valence-electron chi connectivity index (χ3n) is 6.46. The average Bonchev–Trinajstić information content (AvgIpc) is 2.91. The molecule has 2 heterocycles. The van der Waals surface area contributed by atoms with Gasteiger partial charge in [0.2, 0.25) is 5.91 Å². The number of nitrogens with zero attached hydrogens (tertiary/aromatic N) is 4. The standard InChI is InChI=1S/C28H26ClFN4O3/c1-3-13-37-28-31-26-21(27(32-28)34-11-9-33(10-12-34)23(36)4-2)16-22(29)24(25(26)30)20-15-18(35)14-17-7-5-6-8-19(17)20/h4-8,14-16,35H,2-3,9-13H2,1H3. The van der Waals surface area contributed by atoms with Crippen LogP contribution in [0.2, 0.25) is 5.02 Å². The molecule has 1 aliphatic rings. The maximum atomic E-state index is 16.3. The molecule has 7 nitrogen and oxygen atoms in total. The largest absolute Gasteiger partial charge is 0.508 e. The number of carbonyl (C=O) groups excluding carboxylic acids is 1. The van der Waals surface area contributed by atoms with E-state index >= 15 is 4.39 Å². The summed E-state index contributed by atoms with van der Waals surface area (Å²) in [6.07, 6.45) is 2.04. The lowest BCUT2D eigenvalue weighted by molar-refractivity contribution is -0.126. The molecule has 0 bridgehead atoms. The molecule has 1 N–H and O–H groups in total. The number of benzene rings is 3. The Hall–Kier alpha value is -3.91. The lowest BCUT2D eigenvalue weighted by Gasteiger charge is -2.35. The van der Waals surface area contributed by atoms with Crippen LogP contribution in [0.4, 0.5) is 10.2 Å². The highest BCUT2D eigenvalue weighted by Crippen LogP contribution is 2.42. The van der Waals surface area contributed by atoms with Crippen LogP contribution in [0.1, 0.15) is 13.3 Å². The fourth-order valence-electron chi connectivity index (χ4n) is 4.68. The molecule has 4 aromatic rings. The second kappa shape index (κ2) is 10.2. The Morgan fingerprint density at radius 1 is 1.16 bits per heavy atom. The lowest BCUT2D eigenvalue weighted by atomic mass is 9.96. The van der Waals surface area contributed by atoms with Gasteiger partial charge in [-0.3, -0.25) is 4.79 Å². The Morgan fingerprint density at radius 3 is 2.65 bits per heavy atom. The number of anilines is 1. The third-order valence-corrected chi connectivity index (χ3v) is 6.76. The summed E-state index contributed by atoms with van der Waals surface area (Å²) in [6.45, 7) is 7.85. The van der Waals surface area contributed by atoms with Crippen LogP contribution in [-0.2, 0) is 4.79 Å². The number of aromatic hydroxyl groups is 1. The smallest absolute Gasteiger partial charge is 0.319 e. The predicted octanol–water partition coefficient (Wildman–Crippen LogP) is 5.57. The van der Waals surface area contributed by atoms with Crippen LogP contribution in [0.15, 0.2) is 55.1 Å². The van der Waals surface area contributed by atoms with Gasteiger partial charge in [-0.15, -0.1) is 0 Å². The van der Waals surface area contributed by atoms with Gasteiger partial charge < -0.3 is 19.6 Å². The number of carbonyl (C=O) groups is 1. The van der Waals surface area contributed by atoms with Crippen LogP contribution in [0, 0.1) is 5.82 Å². The molecule has 0 spiro atoms. The summed E-state index contributed by atoms with van der Waals surface area (Å²) in [6, 6.07) is 12.3. The van der Waals surface area contributed by atoms with E-state index in [0.29, 0.717) is 49.6 Å². The number of piperazine rings is 1. The van der Waals surface area contributed by atoms with Crippen molar-refractivity contribution in [1.82, 2.24) is 14.9 Å². The molecule has 0 saturated carbocycles. The number of aromatic nitrogens is 2. The molecule has 37 heavy (non-hydrogen) atoms. The minimum absolute atomic E-state index is 0.00607. The average molecular weight is 521 g/mol. The Balaban J connectivity index is 1.68. The van der Waals surface area contributed by atoms with Crippen molar-refractivity contribution in [2.75, 3.05) is 37.7 Å². The first kappa shape index (κ1) is 24.8. The van der Waals surface area contributed by atoms with Crippen LogP contribution in [-0.4, -0.2) is 58.7 Å². The van der Waals surface area contributed by atoms with Crippen molar-refractivity contribution in [3.05, 3.63) is 66.0 Å². The Labute approximate surface area is 218 Å². The van der Waals surface area contributed by atoms with Gasteiger partial charge in [0.15, 0.2) is 5.82 Å². The number of amides is 1. The molecule has 1 fully saturated rings. The Morgan fingerprint density at radius 2 is 1.92 bits per heavy atom. The molecule has 5 rings (SSSR count). The number of fused-ring (bicyclic) bond motifs is 2. The molecule has 1 amide bonds. The van der Waals surface area contributed by atoms with Crippen molar-refractivity contribution in [2.24, 2.45) is 0 Å². The molecular weight excluding hydrogens is 495 g/mol. The van der Waals surface area contributed by atoms with E-state index in [1.807, 2.05) is 36.1 Å². The van der Waals surface area contributed by atoms with E-state index < -0.39 is 5.82 Å². The molecule has 9 heteroatoms. The maximum absolute atomic E-state index is 16.3. The third kappa shape index (κ3) is 4.64. The molecule has 190 valence electrons. The lowest BCUT2D eigenvalue weighted by Crippen LogP contribution is -2.48. The molecule has 1 saturated heterocycles. The summed E-state index contributed by atoms with van der Waals surface area (Å²) in [5.41, 5.74) is 0.689. The van der Waals surface area contributed by atoms with Crippen LogP contribution in [0.3, 0.4) is 0 Å². The van der Waals surface area contributed by atoms with Crippen LogP contribution in [0.5, 0.6) is 11.8 Å². The van der Waals surface area contributed by atoms with E-state index in [1.165, 1.54) is 12.1 Å². The molecular formula is C28H26ClFN4O3. The highest BCUT2D eigenvalue weighted by atomic mass is 35.5. The second-order valence-corrected chi connectivity index (χ2v) is 9.26. The number of hydrogen-bond donors (Lipinski definition) is 1. The van der Waals surface area contributed by atoms with Gasteiger partial charge in [-0.25, -0.2) is 4.39 Å². The van der Waals surface area contributed by atoms with E-state index in [4.69, 9.17) is 16.3 Å². The number of ether oxygens (including phenoxy) is 1. The second-order valence-electron chi connectivity index (χ2n) is 8.85. The molecule has 1 aromatic heterocycles. The fraction of sp³-hybridized carbons (Fsp3) is 0.250. The molecule has 0 aliphatic carbocycles. The van der Waals surface area contributed by atoms with Crippen molar-refractivity contribution in [1.29, 1.82) is 0 Å². The quantitative estimate of drug-likeness (QED) is 0.335. The van der Waals surface area contributed by atoms with E-state index in [-0.39, 0.29) is 33.8 Å². The van der Waals surface area contributed by atoms with E-state index in [9.17, 15) is 9.90 Å². The van der Waals surface area contributed by atoms with Crippen LogP contribution < -0.4 is 9.64 Å². The first-order valence-corrected chi connectivity index (χ1v) is 12.5. The molecule has 0 radical (unpaired) electrons. The summed E-state index contributed by atoms with van der Waals surface area (Å²) in [5.74, 6) is -0.249. The maximum Gasteiger partial charge on any atom is 0.319 e. The predicted molar refractivity (Wildman–Crippen MR) is 144 cm³/mol. The van der Waals surface area contributed by atoms with E-state index in [2.05, 4.69) is 16.5 Å². The van der Waals surface area contributed by atoms with Crippen molar-refractivity contribution < 1.29 is 19.0 Å². The molecule has 3 aromatic carbocycles. The van der Waals surface area contributed by atoms with E-state index in [0.717, 1.165) is 17.2 Å². The first-order chi connectivity index (χ1) is 17.9. The van der Waals surface area contributed by atoms with Crippen LogP contribution in [0.25, 0.3) is 32.8 Å². The Bertz CT molecular complexity index is 1520. The summed E-state index contributed by atoms with van der Waals surface area (Å²) in [4.78, 5) is 24.7. The van der Waals surface area contributed by atoms with Crippen molar-refractivity contribution in [3.8, 4) is 22.9 Å². The van der Waals surface area contributed by atoms with Gasteiger partial charge in [0.05, 0.1) is 11.6 Å². The zero-order valence-corrected chi connectivity index (χ0v) is 21.1. The zero-order chi connectivity index (χ0) is 26.1. The SMILES string of the molecule is C=CC(=O)N1CCN(c2nc(OCCC)nc3c(F)c(-c4cc(O)cc5ccccc45)c(Cl)cc23)CC1. The molecule has 0 unspecified atom stereocenters. The number of phenolic OH excluding ortho intramolecular Hbond substituents is 1. The van der Waals surface area contributed by atoms with Crippen molar-refractivity contribution >= 4 is 45.0 Å². The fourth-order valence-corrected chi connectivity index (χ4v) is 4.97. The van der Waals surface area contributed by atoms with Gasteiger partial charge in [0, 0.05) is 37.1 Å². The Kier molecular flexibility index (Phi) is 6.84. The minimum Gasteiger partial charge on any atom is -0.508 e. The molecule has 1 aliphatic heterocycles. The highest BCUT2D eigenvalue weighted by molar-refractivity contribution is 6.35. The molecule has 0 atom stereocenters. The number of halogens is 2. The zero-order valence-electron chi connectivity index (χ0n) is 20.4. The number of rotatable bonds is 6. The van der Waals surface area contributed by atoms with Crippen LogP contribution >= 0.6 is 11.6 Å². The summed E-state index contributed by atoms with van der Waals surface area (Å²) < 4.78 is 22.1. The number of hydrogen-bond acceptors (Lipinski definition) is 6. The van der Waals surface area contributed by atoms with Gasteiger partial charge in [-0.05, 0) is 47.0 Å². The van der Waals surface area contributed by atoms with Gasteiger partial charge in [-0.1, -0.05) is 49.4 Å². The monoisotopic (exact) mass is 520 g/mol. The minimum atomic E-state index is -0.622. The topological polar surface area (TPSA) is 78.8 Å². The van der Waals surface area contributed by atoms with Crippen molar-refractivity contribution in [2.45, 2.75) is 13.3 Å². The summed E-state index contributed by atoms with van der Waals surface area (Å²) in [7, 11) is 0. The first-order valence-electron chi connectivity index (χ1n) is 12.1.